The first-order valence-corrected chi connectivity index (χ1v) is 10.6. The van der Waals surface area contributed by atoms with Crippen molar-refractivity contribution in [3.8, 4) is 0 Å². The minimum absolute atomic E-state index is 0.00138. The number of rotatable bonds is 8. The predicted molar refractivity (Wildman–Crippen MR) is 124 cm³/mol. The highest BCUT2D eigenvalue weighted by Gasteiger charge is 2.22. The van der Waals surface area contributed by atoms with Crippen molar-refractivity contribution >= 4 is 11.8 Å². The first-order chi connectivity index (χ1) is 14.8. The van der Waals surface area contributed by atoms with Crippen molar-refractivity contribution < 1.29 is 9.59 Å². The SMILES string of the molecule is Cc1cc(C)cc(C(=O)N(C)C(CCNC(=O)c2cccn2C)Cc2ccccc2)c1. The molecule has 2 amide bonds. The van der Waals surface area contributed by atoms with Gasteiger partial charge < -0.3 is 14.8 Å². The van der Waals surface area contributed by atoms with Crippen LogP contribution >= 0.6 is 0 Å². The fraction of sp³-hybridized carbons (Fsp3) is 0.308. The van der Waals surface area contributed by atoms with Crippen molar-refractivity contribution in [2.24, 2.45) is 7.05 Å². The van der Waals surface area contributed by atoms with E-state index < -0.39 is 0 Å². The van der Waals surface area contributed by atoms with Crippen molar-refractivity contribution in [1.82, 2.24) is 14.8 Å². The molecular weight excluding hydrogens is 386 g/mol. The third-order valence-corrected chi connectivity index (χ3v) is 5.59. The van der Waals surface area contributed by atoms with Crippen LogP contribution in [0.5, 0.6) is 0 Å². The molecule has 5 nitrogen and oxygen atoms in total. The maximum Gasteiger partial charge on any atom is 0.267 e. The van der Waals surface area contributed by atoms with Crippen molar-refractivity contribution in [3.05, 3.63) is 94.8 Å². The van der Waals surface area contributed by atoms with Gasteiger partial charge in [-0.15, -0.1) is 0 Å². The second kappa shape index (κ2) is 10.1. The highest BCUT2D eigenvalue weighted by Crippen LogP contribution is 2.16. The van der Waals surface area contributed by atoms with Crippen LogP contribution in [0.1, 0.15) is 44.0 Å². The van der Waals surface area contributed by atoms with E-state index in [0.29, 0.717) is 24.2 Å². The van der Waals surface area contributed by atoms with E-state index in [4.69, 9.17) is 0 Å². The minimum atomic E-state index is -0.103. The first kappa shape index (κ1) is 22.3. The summed E-state index contributed by atoms with van der Waals surface area (Å²) in [6, 6.07) is 19.7. The van der Waals surface area contributed by atoms with Gasteiger partial charge in [-0.05, 0) is 56.5 Å². The van der Waals surface area contributed by atoms with Crippen LogP contribution < -0.4 is 5.32 Å². The number of amides is 2. The summed E-state index contributed by atoms with van der Waals surface area (Å²) in [5, 5.41) is 3.00. The molecule has 1 atom stereocenters. The second-order valence-electron chi connectivity index (χ2n) is 8.18. The molecule has 0 aliphatic carbocycles. The fourth-order valence-corrected chi connectivity index (χ4v) is 3.93. The maximum atomic E-state index is 13.2. The molecule has 5 heteroatoms. The standard InChI is InChI=1S/C26H31N3O2/c1-19-15-20(2)17-22(16-19)26(31)29(4)23(18-21-9-6-5-7-10-21)12-13-27-25(30)24-11-8-14-28(24)3/h5-11,14-17,23H,12-13,18H2,1-4H3,(H,27,30). The Kier molecular flexibility index (Phi) is 7.29. The molecule has 31 heavy (non-hydrogen) atoms. The number of aromatic nitrogens is 1. The Morgan fingerprint density at radius 2 is 1.68 bits per heavy atom. The monoisotopic (exact) mass is 417 g/mol. The Morgan fingerprint density at radius 3 is 2.29 bits per heavy atom. The molecule has 1 N–H and O–H groups in total. The fourth-order valence-electron chi connectivity index (χ4n) is 3.93. The topological polar surface area (TPSA) is 54.3 Å². The molecule has 3 aromatic rings. The Bertz CT molecular complexity index is 1020. The summed E-state index contributed by atoms with van der Waals surface area (Å²) < 4.78 is 1.80. The highest BCUT2D eigenvalue weighted by atomic mass is 16.2. The maximum absolute atomic E-state index is 13.2. The molecule has 0 aliphatic heterocycles. The Hall–Kier alpha value is -3.34. The molecule has 1 unspecified atom stereocenters. The molecule has 0 bridgehead atoms. The normalized spacial score (nSPS) is 11.7. The number of aryl methyl sites for hydroxylation is 3. The number of hydrogen-bond acceptors (Lipinski definition) is 2. The molecule has 3 rings (SSSR count). The average molecular weight is 418 g/mol. The van der Waals surface area contributed by atoms with Gasteiger partial charge in [0.05, 0.1) is 0 Å². The molecule has 162 valence electrons. The molecule has 2 aromatic carbocycles. The van der Waals surface area contributed by atoms with Gasteiger partial charge in [0, 0.05) is 38.4 Å². The third kappa shape index (κ3) is 5.85. The van der Waals surface area contributed by atoms with Crippen molar-refractivity contribution in [2.45, 2.75) is 32.7 Å². The van der Waals surface area contributed by atoms with Crippen LogP contribution in [0.25, 0.3) is 0 Å². The van der Waals surface area contributed by atoms with Crippen LogP contribution in [-0.4, -0.2) is 40.9 Å². The number of carbonyl (C=O) groups is 2. The summed E-state index contributed by atoms with van der Waals surface area (Å²) in [7, 11) is 3.70. The van der Waals surface area contributed by atoms with Gasteiger partial charge in [0.25, 0.3) is 11.8 Å². The lowest BCUT2D eigenvalue weighted by molar-refractivity contribution is 0.0722. The quantitative estimate of drug-likeness (QED) is 0.599. The number of benzene rings is 2. The van der Waals surface area contributed by atoms with Crippen LogP contribution in [0.4, 0.5) is 0 Å². The Balaban J connectivity index is 1.73. The summed E-state index contributed by atoms with van der Waals surface area (Å²) in [4.78, 5) is 27.5. The van der Waals surface area contributed by atoms with Gasteiger partial charge in [-0.2, -0.15) is 0 Å². The molecule has 0 saturated carbocycles. The van der Waals surface area contributed by atoms with Gasteiger partial charge in [0.1, 0.15) is 5.69 Å². The van der Waals surface area contributed by atoms with Gasteiger partial charge in [-0.1, -0.05) is 47.5 Å². The van der Waals surface area contributed by atoms with Crippen molar-refractivity contribution in [2.75, 3.05) is 13.6 Å². The summed E-state index contributed by atoms with van der Waals surface area (Å²) in [6.07, 6.45) is 3.25. The van der Waals surface area contributed by atoms with E-state index >= 15 is 0 Å². The van der Waals surface area contributed by atoms with E-state index in [1.807, 2.05) is 75.4 Å². The van der Waals surface area contributed by atoms with Gasteiger partial charge in [-0.25, -0.2) is 0 Å². The second-order valence-corrected chi connectivity index (χ2v) is 8.18. The minimum Gasteiger partial charge on any atom is -0.351 e. The van der Waals surface area contributed by atoms with Crippen LogP contribution in [0.2, 0.25) is 0 Å². The molecule has 0 radical (unpaired) electrons. The zero-order valence-corrected chi connectivity index (χ0v) is 18.8. The summed E-state index contributed by atoms with van der Waals surface area (Å²) in [5.74, 6) is -0.101. The van der Waals surface area contributed by atoms with E-state index in [-0.39, 0.29) is 17.9 Å². The van der Waals surface area contributed by atoms with Crippen LogP contribution in [0, 0.1) is 13.8 Å². The Morgan fingerprint density at radius 1 is 1.00 bits per heavy atom. The molecule has 0 saturated heterocycles. The highest BCUT2D eigenvalue weighted by molar-refractivity contribution is 5.95. The van der Waals surface area contributed by atoms with Gasteiger partial charge in [0.2, 0.25) is 0 Å². The van der Waals surface area contributed by atoms with E-state index in [2.05, 4.69) is 23.5 Å². The lowest BCUT2D eigenvalue weighted by Gasteiger charge is -2.29. The van der Waals surface area contributed by atoms with Crippen molar-refractivity contribution in [3.63, 3.8) is 0 Å². The smallest absolute Gasteiger partial charge is 0.267 e. The summed E-state index contributed by atoms with van der Waals surface area (Å²) in [6.45, 7) is 4.50. The van der Waals surface area contributed by atoms with Crippen LogP contribution in [-0.2, 0) is 13.5 Å². The molecule has 0 fully saturated rings. The van der Waals surface area contributed by atoms with E-state index in [9.17, 15) is 9.59 Å². The average Bonchev–Trinajstić information content (AvgIpc) is 3.18. The van der Waals surface area contributed by atoms with E-state index in [1.165, 1.54) is 5.56 Å². The van der Waals surface area contributed by atoms with Crippen LogP contribution in [0.3, 0.4) is 0 Å². The van der Waals surface area contributed by atoms with Crippen molar-refractivity contribution in [1.29, 1.82) is 0 Å². The number of hydrogen-bond donors (Lipinski definition) is 1. The van der Waals surface area contributed by atoms with Gasteiger partial charge in [-0.3, -0.25) is 9.59 Å². The van der Waals surface area contributed by atoms with Gasteiger partial charge in [0.15, 0.2) is 0 Å². The zero-order valence-electron chi connectivity index (χ0n) is 18.8. The number of carbonyl (C=O) groups excluding carboxylic acids is 2. The number of nitrogens with zero attached hydrogens (tertiary/aromatic N) is 2. The lowest BCUT2D eigenvalue weighted by Crippen LogP contribution is -2.41. The van der Waals surface area contributed by atoms with E-state index in [1.54, 1.807) is 10.6 Å². The third-order valence-electron chi connectivity index (χ3n) is 5.59. The summed E-state index contributed by atoms with van der Waals surface area (Å²) >= 11 is 0. The molecule has 1 aromatic heterocycles. The molecule has 0 spiro atoms. The van der Waals surface area contributed by atoms with E-state index in [0.717, 1.165) is 17.5 Å². The molecule has 0 aliphatic rings. The number of likely N-dealkylation sites (N-methyl/N-ethyl adjacent to an activating group) is 1. The first-order valence-electron chi connectivity index (χ1n) is 10.6. The lowest BCUT2D eigenvalue weighted by atomic mass is 10.00. The Labute approximate surface area is 184 Å². The summed E-state index contributed by atoms with van der Waals surface area (Å²) in [5.41, 5.74) is 4.64. The number of nitrogens with one attached hydrogen (secondary N) is 1. The predicted octanol–water partition coefficient (Wildman–Crippen LogP) is 4.15. The molecular formula is C26H31N3O2. The zero-order chi connectivity index (χ0) is 22.4. The largest absolute Gasteiger partial charge is 0.351 e. The van der Waals surface area contributed by atoms with Gasteiger partial charge >= 0.3 is 0 Å². The van der Waals surface area contributed by atoms with Crippen LogP contribution in [0.15, 0.2) is 66.9 Å². The molecule has 1 heterocycles.